The van der Waals surface area contributed by atoms with Gasteiger partial charge in [-0.1, -0.05) is 24.6 Å². The molecule has 3 aliphatic rings. The van der Waals surface area contributed by atoms with Gasteiger partial charge in [0, 0.05) is 25.2 Å². The Hall–Kier alpha value is -2.23. The summed E-state index contributed by atoms with van der Waals surface area (Å²) >= 11 is 0. The molecule has 0 saturated carbocycles. The summed E-state index contributed by atoms with van der Waals surface area (Å²) in [7, 11) is 0. The Labute approximate surface area is 193 Å². The third kappa shape index (κ3) is 4.11. The fraction of sp³-hybridized carbons (Fsp3) is 0.708. The highest BCUT2D eigenvalue weighted by Gasteiger charge is 2.68. The van der Waals surface area contributed by atoms with Gasteiger partial charge in [-0.2, -0.15) is 0 Å². The molecule has 184 valence electrons. The highest BCUT2D eigenvalue weighted by molar-refractivity contribution is 5.77. The zero-order chi connectivity index (χ0) is 24.9. The van der Waals surface area contributed by atoms with E-state index in [1.54, 1.807) is 26.0 Å². The molecule has 0 aromatic heterocycles. The predicted molar refractivity (Wildman–Crippen MR) is 115 cm³/mol. The molecule has 3 rings (SSSR count). The van der Waals surface area contributed by atoms with E-state index in [-0.39, 0.29) is 0 Å². The number of hydrogen-bond acceptors (Lipinski definition) is 9. The molecule has 2 aliphatic carbocycles. The Bertz CT molecular complexity index is 890. The molecule has 0 aromatic carbocycles. The summed E-state index contributed by atoms with van der Waals surface area (Å²) in [6.07, 6.45) is 0.669. The van der Waals surface area contributed by atoms with Gasteiger partial charge in [0.15, 0.2) is 11.7 Å². The first-order valence-corrected chi connectivity index (χ1v) is 11.2. The Morgan fingerprint density at radius 3 is 2.33 bits per heavy atom. The van der Waals surface area contributed by atoms with Crippen molar-refractivity contribution < 1.29 is 43.9 Å². The molecular weight excluding hydrogens is 432 g/mol. The van der Waals surface area contributed by atoms with Gasteiger partial charge in [-0.15, -0.1) is 0 Å². The van der Waals surface area contributed by atoms with Crippen molar-refractivity contribution in [1.29, 1.82) is 0 Å². The Kier molecular flexibility index (Phi) is 6.56. The summed E-state index contributed by atoms with van der Waals surface area (Å²) in [4.78, 5) is 36.9. The second-order valence-electron chi connectivity index (χ2n) is 10.0. The van der Waals surface area contributed by atoms with Gasteiger partial charge in [0.1, 0.15) is 18.3 Å². The molecule has 9 atom stereocenters. The largest absolute Gasteiger partial charge is 0.462 e. The Morgan fingerprint density at radius 2 is 1.76 bits per heavy atom. The molecule has 0 spiro atoms. The topological polar surface area (TPSA) is 140 Å². The fourth-order valence-electron chi connectivity index (χ4n) is 5.69. The van der Waals surface area contributed by atoms with Crippen molar-refractivity contribution in [3.8, 4) is 0 Å². The lowest BCUT2D eigenvalue weighted by Gasteiger charge is -2.56. The lowest BCUT2D eigenvalue weighted by molar-refractivity contribution is -0.239. The first-order chi connectivity index (χ1) is 15.2. The van der Waals surface area contributed by atoms with Gasteiger partial charge in [0.25, 0.3) is 0 Å². The van der Waals surface area contributed by atoms with Crippen LogP contribution in [0.25, 0.3) is 0 Å². The standard InChI is InChI=1S/C24H34O9/c1-12-7-8-17(31-14(3)25)22(5)10-9-16(27)23(6,29)19(22)20(32-15(4)26)24(30)13(2)21(28)33-18(24)11-12/h9-11,13,16-20,27,29-30H,7-8H2,1-6H3/b12-11-/t13-,16+,17+,18-,19+,20+,22+,23+,24-/m0/s1. The second kappa shape index (κ2) is 8.52. The minimum atomic E-state index is -2.05. The van der Waals surface area contributed by atoms with Crippen LogP contribution < -0.4 is 0 Å². The molecule has 0 bridgehead atoms. The average molecular weight is 467 g/mol. The monoisotopic (exact) mass is 466 g/mol. The molecule has 0 unspecified atom stereocenters. The maximum atomic E-state index is 12.6. The normalized spacial score (nSPS) is 46.8. The van der Waals surface area contributed by atoms with Crippen molar-refractivity contribution in [1.82, 2.24) is 0 Å². The van der Waals surface area contributed by atoms with Crippen molar-refractivity contribution in [2.75, 3.05) is 0 Å². The Morgan fingerprint density at radius 1 is 1.15 bits per heavy atom. The van der Waals surface area contributed by atoms with Crippen molar-refractivity contribution >= 4 is 17.9 Å². The molecule has 0 radical (unpaired) electrons. The minimum absolute atomic E-state index is 0.354. The summed E-state index contributed by atoms with van der Waals surface area (Å²) in [5, 5.41) is 34.3. The van der Waals surface area contributed by atoms with Crippen LogP contribution >= 0.6 is 0 Å². The lowest BCUT2D eigenvalue weighted by Crippen LogP contribution is -2.69. The molecule has 0 aromatic rings. The lowest BCUT2D eigenvalue weighted by atomic mass is 9.54. The average Bonchev–Trinajstić information content (AvgIpc) is 2.90. The molecule has 0 amide bonds. The fourth-order valence-corrected chi connectivity index (χ4v) is 5.69. The SMILES string of the molecule is CC(=O)O[C@@H]1[C@H]2[C@](C)(O)[C@H](O)C=C[C@]2(C)[C@H](OC(C)=O)CC/C(C)=C\[C@@H]2OC(=O)[C@H](C)[C@]21O. The van der Waals surface area contributed by atoms with Gasteiger partial charge < -0.3 is 29.5 Å². The molecule has 1 heterocycles. The minimum Gasteiger partial charge on any atom is -0.462 e. The van der Waals surface area contributed by atoms with Crippen LogP contribution in [-0.4, -0.2) is 68.8 Å². The van der Waals surface area contributed by atoms with E-state index < -0.39 is 70.8 Å². The van der Waals surface area contributed by atoms with Crippen molar-refractivity contribution in [3.63, 3.8) is 0 Å². The first kappa shape index (κ1) is 25.4. The third-order valence-corrected chi connectivity index (χ3v) is 7.57. The van der Waals surface area contributed by atoms with Crippen LogP contribution in [0.5, 0.6) is 0 Å². The zero-order valence-corrected chi connectivity index (χ0v) is 19.9. The number of esters is 3. The van der Waals surface area contributed by atoms with E-state index in [4.69, 9.17) is 14.2 Å². The summed E-state index contributed by atoms with van der Waals surface area (Å²) in [6.45, 7) is 8.81. The van der Waals surface area contributed by atoms with Crippen LogP contribution in [0.4, 0.5) is 0 Å². The number of ether oxygens (including phenoxy) is 3. The van der Waals surface area contributed by atoms with E-state index in [1.165, 1.54) is 26.8 Å². The van der Waals surface area contributed by atoms with Gasteiger partial charge in [0.2, 0.25) is 0 Å². The number of hydrogen-bond donors (Lipinski definition) is 3. The van der Waals surface area contributed by atoms with Gasteiger partial charge in [-0.25, -0.2) is 0 Å². The maximum Gasteiger partial charge on any atom is 0.312 e. The van der Waals surface area contributed by atoms with Crippen LogP contribution in [0.3, 0.4) is 0 Å². The molecular formula is C24H34O9. The number of aliphatic hydroxyl groups is 3. The highest BCUT2D eigenvalue weighted by Crippen LogP contribution is 2.54. The van der Waals surface area contributed by atoms with E-state index in [2.05, 4.69) is 0 Å². The number of fused-ring (bicyclic) bond motifs is 2. The van der Waals surface area contributed by atoms with Gasteiger partial charge >= 0.3 is 17.9 Å². The van der Waals surface area contributed by atoms with Crippen molar-refractivity contribution in [2.45, 2.75) is 90.0 Å². The van der Waals surface area contributed by atoms with Crippen LogP contribution in [-0.2, 0) is 28.6 Å². The molecule has 1 fully saturated rings. The van der Waals surface area contributed by atoms with E-state index in [9.17, 15) is 29.7 Å². The summed E-state index contributed by atoms with van der Waals surface area (Å²) in [6, 6.07) is 0. The molecule has 9 heteroatoms. The summed E-state index contributed by atoms with van der Waals surface area (Å²) in [5.74, 6) is -4.23. The molecule has 1 aliphatic heterocycles. The van der Waals surface area contributed by atoms with Crippen LogP contribution in [0.2, 0.25) is 0 Å². The number of aliphatic hydroxyl groups excluding tert-OH is 1. The number of allylic oxidation sites excluding steroid dienone is 1. The predicted octanol–water partition coefficient (Wildman–Crippen LogP) is 1.19. The van der Waals surface area contributed by atoms with E-state index in [0.717, 1.165) is 12.5 Å². The van der Waals surface area contributed by atoms with E-state index in [1.807, 2.05) is 0 Å². The maximum absolute atomic E-state index is 12.6. The number of carbonyl (C=O) groups is 3. The Balaban J connectivity index is 2.35. The smallest absolute Gasteiger partial charge is 0.312 e. The van der Waals surface area contributed by atoms with Gasteiger partial charge in [-0.3, -0.25) is 14.4 Å². The molecule has 3 N–H and O–H groups in total. The van der Waals surface area contributed by atoms with Crippen LogP contribution in [0.15, 0.2) is 23.8 Å². The van der Waals surface area contributed by atoms with E-state index in [0.29, 0.717) is 12.8 Å². The summed E-state index contributed by atoms with van der Waals surface area (Å²) < 4.78 is 16.8. The zero-order valence-electron chi connectivity index (χ0n) is 19.9. The third-order valence-electron chi connectivity index (χ3n) is 7.57. The second-order valence-corrected chi connectivity index (χ2v) is 10.0. The van der Waals surface area contributed by atoms with Gasteiger partial charge in [-0.05, 0) is 39.7 Å². The van der Waals surface area contributed by atoms with Crippen molar-refractivity contribution in [2.24, 2.45) is 17.3 Å². The number of rotatable bonds is 2. The molecule has 1 saturated heterocycles. The van der Waals surface area contributed by atoms with Crippen LogP contribution in [0, 0.1) is 17.3 Å². The quantitative estimate of drug-likeness (QED) is 0.311. The molecule has 9 nitrogen and oxygen atoms in total. The van der Waals surface area contributed by atoms with Gasteiger partial charge in [0.05, 0.1) is 11.5 Å². The summed E-state index contributed by atoms with van der Waals surface area (Å²) in [5.41, 5.74) is -4.38. The van der Waals surface area contributed by atoms with Crippen molar-refractivity contribution in [3.05, 3.63) is 23.8 Å². The number of carbonyl (C=O) groups excluding carboxylic acids is 3. The van der Waals surface area contributed by atoms with E-state index >= 15 is 0 Å². The van der Waals surface area contributed by atoms with Crippen LogP contribution in [0.1, 0.15) is 54.4 Å². The molecule has 33 heavy (non-hydrogen) atoms. The first-order valence-electron chi connectivity index (χ1n) is 11.2. The highest BCUT2D eigenvalue weighted by atomic mass is 16.6.